The molecule has 0 aromatic carbocycles. The van der Waals surface area contributed by atoms with Gasteiger partial charge in [0.2, 0.25) is 15.9 Å². The predicted octanol–water partition coefficient (Wildman–Crippen LogP) is -0.672. The third-order valence-electron chi connectivity index (χ3n) is 2.56. The summed E-state index contributed by atoms with van der Waals surface area (Å²) in [4.78, 5) is -0.0920. The molecule has 1 atom stereocenters. The fourth-order valence-corrected chi connectivity index (χ4v) is 2.12. The van der Waals surface area contributed by atoms with Gasteiger partial charge in [0.1, 0.15) is 12.2 Å². The first-order chi connectivity index (χ1) is 7.36. The number of nitrogens with zero attached hydrogens (tertiary/aromatic N) is 2. The number of ether oxygens (including phenoxy) is 2. The van der Waals surface area contributed by atoms with E-state index in [1.165, 1.54) is 10.9 Å². The highest BCUT2D eigenvalue weighted by molar-refractivity contribution is 7.89. The van der Waals surface area contributed by atoms with Gasteiger partial charge in [-0.25, -0.2) is 18.2 Å². The first kappa shape index (κ1) is 11.4. The van der Waals surface area contributed by atoms with E-state index in [0.717, 1.165) is 0 Å². The molecule has 8 heteroatoms. The smallest absolute Gasteiger partial charge is 0.245 e. The lowest BCUT2D eigenvalue weighted by Crippen LogP contribution is -2.43. The number of hydrogen-bond donors (Lipinski definition) is 1. The van der Waals surface area contributed by atoms with Crippen LogP contribution in [0.3, 0.4) is 0 Å². The molecule has 1 aliphatic heterocycles. The van der Waals surface area contributed by atoms with Gasteiger partial charge in [-0.1, -0.05) is 0 Å². The lowest BCUT2D eigenvalue weighted by atomic mass is 10.1. The van der Waals surface area contributed by atoms with Crippen molar-refractivity contribution in [2.24, 2.45) is 5.14 Å². The summed E-state index contributed by atoms with van der Waals surface area (Å²) in [6.07, 6.45) is 1.19. The van der Waals surface area contributed by atoms with Crippen molar-refractivity contribution in [3.63, 3.8) is 0 Å². The van der Waals surface area contributed by atoms with Crippen LogP contribution in [-0.2, 0) is 21.3 Å². The van der Waals surface area contributed by atoms with Crippen molar-refractivity contribution < 1.29 is 17.9 Å². The van der Waals surface area contributed by atoms with Crippen molar-refractivity contribution in [3.05, 3.63) is 6.20 Å². The third kappa shape index (κ3) is 1.79. The Morgan fingerprint density at radius 2 is 2.38 bits per heavy atom. The minimum Gasteiger partial charge on any atom is -0.474 e. The molecule has 90 valence electrons. The normalized spacial score (nSPS) is 24.9. The maximum atomic E-state index is 11.2. The molecule has 0 amide bonds. The Labute approximate surface area is 93.2 Å². The maximum Gasteiger partial charge on any atom is 0.245 e. The number of hydrogen-bond acceptors (Lipinski definition) is 5. The second-order valence-corrected chi connectivity index (χ2v) is 5.49. The third-order valence-corrected chi connectivity index (χ3v) is 3.45. The van der Waals surface area contributed by atoms with E-state index in [0.29, 0.717) is 6.54 Å². The zero-order valence-corrected chi connectivity index (χ0v) is 9.82. The zero-order chi connectivity index (χ0) is 12.0. The lowest BCUT2D eigenvalue weighted by Gasteiger charge is -2.32. The molecular formula is C8H13N3O4S. The molecule has 1 aromatic heterocycles. The highest BCUT2D eigenvalue weighted by Crippen LogP contribution is 2.29. The van der Waals surface area contributed by atoms with Crippen LogP contribution < -0.4 is 9.88 Å². The van der Waals surface area contributed by atoms with Crippen LogP contribution in [0.5, 0.6) is 5.88 Å². The van der Waals surface area contributed by atoms with E-state index >= 15 is 0 Å². The Hall–Kier alpha value is -1.12. The second-order valence-electron chi connectivity index (χ2n) is 3.96. The molecule has 0 saturated heterocycles. The van der Waals surface area contributed by atoms with Gasteiger partial charge in [-0.2, -0.15) is 5.10 Å². The van der Waals surface area contributed by atoms with E-state index < -0.39 is 15.6 Å². The molecule has 2 heterocycles. The van der Waals surface area contributed by atoms with Crippen LogP contribution in [-0.4, -0.2) is 37.5 Å². The fraction of sp³-hybridized carbons (Fsp3) is 0.625. The first-order valence-electron chi connectivity index (χ1n) is 4.62. The summed E-state index contributed by atoms with van der Waals surface area (Å²) in [6.45, 7) is 2.54. The van der Waals surface area contributed by atoms with Crippen molar-refractivity contribution in [1.29, 1.82) is 0 Å². The number of sulfonamides is 1. The number of aromatic nitrogens is 2. The molecule has 7 nitrogen and oxygen atoms in total. The fourth-order valence-electron chi connectivity index (χ4n) is 1.52. The van der Waals surface area contributed by atoms with E-state index in [-0.39, 0.29) is 17.4 Å². The van der Waals surface area contributed by atoms with Crippen LogP contribution in [0, 0.1) is 0 Å². The molecule has 1 unspecified atom stereocenters. The molecule has 1 aliphatic rings. The van der Waals surface area contributed by atoms with E-state index in [4.69, 9.17) is 14.6 Å². The van der Waals surface area contributed by atoms with Crippen LogP contribution in [0.4, 0.5) is 0 Å². The van der Waals surface area contributed by atoms with Crippen molar-refractivity contribution >= 4 is 10.0 Å². The largest absolute Gasteiger partial charge is 0.474 e. The number of methoxy groups -OCH3 is 1. The van der Waals surface area contributed by atoms with Gasteiger partial charge < -0.3 is 9.47 Å². The number of fused-ring (bicyclic) bond motifs is 1. The monoisotopic (exact) mass is 247 g/mol. The van der Waals surface area contributed by atoms with Gasteiger partial charge in [0.25, 0.3) is 0 Å². The van der Waals surface area contributed by atoms with E-state index in [2.05, 4.69) is 5.10 Å². The summed E-state index contributed by atoms with van der Waals surface area (Å²) in [7, 11) is -2.23. The molecule has 0 bridgehead atoms. The number of primary sulfonamides is 1. The molecule has 2 N–H and O–H groups in total. The summed E-state index contributed by atoms with van der Waals surface area (Å²) < 4.78 is 34.5. The SMILES string of the molecule is COC1(C)COc2c(S(N)(=O)=O)cnn2C1. The second kappa shape index (κ2) is 3.44. The van der Waals surface area contributed by atoms with E-state index in [9.17, 15) is 8.42 Å². The van der Waals surface area contributed by atoms with Gasteiger partial charge >= 0.3 is 0 Å². The average Bonchev–Trinajstić information content (AvgIpc) is 2.59. The van der Waals surface area contributed by atoms with Crippen molar-refractivity contribution in [1.82, 2.24) is 9.78 Å². The summed E-state index contributed by atoms with van der Waals surface area (Å²) in [5.41, 5.74) is -0.505. The van der Waals surface area contributed by atoms with Crippen LogP contribution >= 0.6 is 0 Å². The molecule has 16 heavy (non-hydrogen) atoms. The van der Waals surface area contributed by atoms with Crippen molar-refractivity contribution in [2.75, 3.05) is 13.7 Å². The van der Waals surface area contributed by atoms with E-state index in [1.54, 1.807) is 7.11 Å². The topological polar surface area (TPSA) is 96.4 Å². The van der Waals surface area contributed by atoms with Crippen LogP contribution in [0.25, 0.3) is 0 Å². The minimum atomic E-state index is -3.79. The molecule has 0 saturated carbocycles. The van der Waals surface area contributed by atoms with Crippen LogP contribution in [0.2, 0.25) is 0 Å². The summed E-state index contributed by atoms with van der Waals surface area (Å²) in [6, 6.07) is 0. The van der Waals surface area contributed by atoms with Gasteiger partial charge in [-0.3, -0.25) is 0 Å². The van der Waals surface area contributed by atoms with Gasteiger partial charge in [0.05, 0.1) is 12.7 Å². The number of nitrogens with two attached hydrogens (primary N) is 1. The summed E-state index contributed by atoms with van der Waals surface area (Å²) in [5, 5.41) is 8.95. The standard InChI is InChI=1S/C8H13N3O4S/c1-8(14-2)4-11-7(15-5-8)6(3-10-11)16(9,12)13/h3H,4-5H2,1-2H3,(H2,9,12,13). The molecule has 2 rings (SSSR count). The highest BCUT2D eigenvalue weighted by Gasteiger charge is 2.35. The molecule has 0 aliphatic carbocycles. The molecule has 1 aromatic rings. The first-order valence-corrected chi connectivity index (χ1v) is 6.17. The quantitative estimate of drug-likeness (QED) is 0.747. The maximum absolute atomic E-state index is 11.2. The Kier molecular flexibility index (Phi) is 2.44. The van der Waals surface area contributed by atoms with E-state index in [1.807, 2.05) is 6.92 Å². The number of rotatable bonds is 2. The van der Waals surface area contributed by atoms with Crippen LogP contribution in [0.1, 0.15) is 6.92 Å². The predicted molar refractivity (Wildman–Crippen MR) is 54.5 cm³/mol. The van der Waals surface area contributed by atoms with Gasteiger partial charge in [0, 0.05) is 7.11 Å². The van der Waals surface area contributed by atoms with Crippen molar-refractivity contribution in [3.8, 4) is 5.88 Å². The Morgan fingerprint density at radius 1 is 1.69 bits per heavy atom. The van der Waals surface area contributed by atoms with Gasteiger partial charge in [-0.05, 0) is 6.92 Å². The average molecular weight is 247 g/mol. The van der Waals surface area contributed by atoms with Crippen molar-refractivity contribution in [2.45, 2.75) is 24.0 Å². The molecule has 0 spiro atoms. The highest BCUT2D eigenvalue weighted by atomic mass is 32.2. The lowest BCUT2D eigenvalue weighted by molar-refractivity contribution is -0.0654. The summed E-state index contributed by atoms with van der Waals surface area (Å²) in [5.74, 6) is 0.178. The van der Waals surface area contributed by atoms with Gasteiger partial charge in [0.15, 0.2) is 4.90 Å². The zero-order valence-electron chi connectivity index (χ0n) is 9.00. The molecular weight excluding hydrogens is 234 g/mol. The Bertz CT molecular complexity index is 509. The van der Waals surface area contributed by atoms with Gasteiger partial charge in [-0.15, -0.1) is 0 Å². The summed E-state index contributed by atoms with van der Waals surface area (Å²) >= 11 is 0. The Balaban J connectivity index is 2.42. The minimum absolute atomic E-state index is 0.0920. The molecule has 0 radical (unpaired) electrons. The van der Waals surface area contributed by atoms with Crippen LogP contribution in [0.15, 0.2) is 11.1 Å². The Morgan fingerprint density at radius 3 is 2.94 bits per heavy atom. The molecule has 0 fully saturated rings.